The third-order valence-electron chi connectivity index (χ3n) is 3.23. The van der Waals surface area contributed by atoms with Crippen molar-refractivity contribution in [2.24, 2.45) is 0 Å². The Morgan fingerprint density at radius 3 is 2.65 bits per heavy atom. The number of hydrogen-bond donors (Lipinski definition) is 0. The molecule has 0 heterocycles. The molecule has 1 aromatic carbocycles. The first kappa shape index (κ1) is 12.1. The summed E-state index contributed by atoms with van der Waals surface area (Å²) in [6.45, 7) is 0. The molecule has 1 fully saturated rings. The van der Waals surface area contributed by atoms with Crippen molar-refractivity contribution in [1.82, 2.24) is 0 Å². The fourth-order valence-corrected chi connectivity index (χ4v) is 4.26. The summed E-state index contributed by atoms with van der Waals surface area (Å²) in [7, 11) is -3.05. The molecule has 0 atom stereocenters. The van der Waals surface area contributed by atoms with Gasteiger partial charge in [0.25, 0.3) is 0 Å². The molecule has 2 rings (SSSR count). The Morgan fingerprint density at radius 2 is 2.00 bits per heavy atom. The van der Waals surface area contributed by atoms with Crippen LogP contribution in [-0.4, -0.2) is 13.7 Å². The zero-order valence-electron chi connectivity index (χ0n) is 9.59. The Labute approximate surface area is 102 Å². The van der Waals surface area contributed by atoms with E-state index in [1.165, 1.54) is 0 Å². The van der Waals surface area contributed by atoms with Gasteiger partial charge in [0.1, 0.15) is 0 Å². The molecule has 0 aromatic heterocycles. The van der Waals surface area contributed by atoms with Crippen molar-refractivity contribution in [1.29, 1.82) is 5.26 Å². The molecule has 1 aromatic rings. The molecule has 1 aliphatic carbocycles. The topological polar surface area (TPSA) is 57.9 Å². The molecule has 0 saturated heterocycles. The second-order valence-corrected chi connectivity index (χ2v) is 6.81. The van der Waals surface area contributed by atoms with Crippen LogP contribution in [0, 0.1) is 11.3 Å². The van der Waals surface area contributed by atoms with E-state index in [1.54, 1.807) is 24.3 Å². The van der Waals surface area contributed by atoms with Gasteiger partial charge in [0.15, 0.2) is 9.84 Å². The lowest BCUT2D eigenvalue weighted by molar-refractivity contribution is 0.579. The van der Waals surface area contributed by atoms with Crippen molar-refractivity contribution < 1.29 is 8.42 Å². The highest BCUT2D eigenvalue weighted by Gasteiger charge is 2.28. The Hall–Kier alpha value is -1.34. The van der Waals surface area contributed by atoms with Crippen LogP contribution >= 0.6 is 0 Å². The van der Waals surface area contributed by atoms with Crippen LogP contribution in [0.1, 0.15) is 36.8 Å². The molecule has 4 heteroatoms. The van der Waals surface area contributed by atoms with Gasteiger partial charge in [0.05, 0.1) is 22.6 Å². The molecule has 1 aliphatic rings. The van der Waals surface area contributed by atoms with Gasteiger partial charge in [-0.2, -0.15) is 5.26 Å². The average molecular weight is 249 g/mol. The minimum atomic E-state index is -3.05. The van der Waals surface area contributed by atoms with Crippen molar-refractivity contribution in [3.05, 3.63) is 35.4 Å². The summed E-state index contributed by atoms with van der Waals surface area (Å²) in [6.07, 6.45) is 3.62. The van der Waals surface area contributed by atoms with Gasteiger partial charge in [-0.3, -0.25) is 0 Å². The van der Waals surface area contributed by atoms with Crippen molar-refractivity contribution in [3.8, 4) is 6.07 Å². The minimum Gasteiger partial charge on any atom is -0.228 e. The van der Waals surface area contributed by atoms with Crippen LogP contribution in [0.5, 0.6) is 0 Å². The molecular weight excluding hydrogens is 234 g/mol. The summed E-state index contributed by atoms with van der Waals surface area (Å²) in [5.74, 6) is 0.0627. The first-order valence-corrected chi connectivity index (χ1v) is 7.54. The van der Waals surface area contributed by atoms with E-state index in [2.05, 4.69) is 0 Å². The normalized spacial score (nSPS) is 16.9. The predicted octanol–water partition coefficient (Wildman–Crippen LogP) is 2.42. The molecule has 0 spiro atoms. The Morgan fingerprint density at radius 1 is 1.29 bits per heavy atom. The summed E-state index contributed by atoms with van der Waals surface area (Å²) in [5.41, 5.74) is 1.24. The molecule has 17 heavy (non-hydrogen) atoms. The van der Waals surface area contributed by atoms with Crippen LogP contribution < -0.4 is 0 Å². The summed E-state index contributed by atoms with van der Waals surface area (Å²) in [6, 6.07) is 8.88. The van der Waals surface area contributed by atoms with Gasteiger partial charge >= 0.3 is 0 Å². The van der Waals surface area contributed by atoms with Crippen molar-refractivity contribution in [3.63, 3.8) is 0 Å². The van der Waals surface area contributed by atoms with Crippen LogP contribution in [0.4, 0.5) is 0 Å². The van der Waals surface area contributed by atoms with E-state index in [9.17, 15) is 8.42 Å². The van der Waals surface area contributed by atoms with Gasteiger partial charge in [-0.15, -0.1) is 0 Å². The van der Waals surface area contributed by atoms with E-state index in [0.717, 1.165) is 31.2 Å². The standard InChI is InChI=1S/C13H15NO2S/c14-9-11-4-3-5-12(8-11)10-17(15,16)13-6-1-2-7-13/h3-5,8,13H,1-2,6-7,10H2. The number of rotatable bonds is 3. The van der Waals surface area contributed by atoms with E-state index in [0.29, 0.717) is 5.56 Å². The SMILES string of the molecule is N#Cc1cccc(CS(=O)(=O)C2CCCC2)c1. The Balaban J connectivity index is 2.17. The largest absolute Gasteiger partial charge is 0.228 e. The monoisotopic (exact) mass is 249 g/mol. The van der Waals surface area contributed by atoms with Gasteiger partial charge in [0.2, 0.25) is 0 Å². The average Bonchev–Trinajstić information content (AvgIpc) is 2.83. The van der Waals surface area contributed by atoms with Crippen molar-refractivity contribution >= 4 is 9.84 Å². The summed E-state index contributed by atoms with van der Waals surface area (Å²) < 4.78 is 24.2. The number of benzene rings is 1. The first-order valence-electron chi connectivity index (χ1n) is 5.82. The number of nitriles is 1. The van der Waals surface area contributed by atoms with Crippen LogP contribution in [-0.2, 0) is 15.6 Å². The highest BCUT2D eigenvalue weighted by Crippen LogP contribution is 2.27. The van der Waals surface area contributed by atoms with Gasteiger partial charge in [-0.25, -0.2) is 8.42 Å². The molecule has 0 amide bonds. The molecular formula is C13H15NO2S. The number of sulfone groups is 1. The maximum absolute atomic E-state index is 12.1. The highest BCUT2D eigenvalue weighted by molar-refractivity contribution is 7.91. The smallest absolute Gasteiger partial charge is 0.157 e. The number of nitrogens with zero attached hydrogens (tertiary/aromatic N) is 1. The molecule has 0 bridgehead atoms. The van der Waals surface area contributed by atoms with E-state index in [-0.39, 0.29) is 11.0 Å². The fourth-order valence-electron chi connectivity index (χ4n) is 2.33. The molecule has 0 radical (unpaired) electrons. The Kier molecular flexibility index (Phi) is 3.49. The van der Waals surface area contributed by atoms with Crippen molar-refractivity contribution in [2.75, 3.05) is 0 Å². The van der Waals surface area contributed by atoms with Gasteiger partial charge in [-0.05, 0) is 30.5 Å². The molecule has 0 aliphatic heterocycles. The maximum Gasteiger partial charge on any atom is 0.157 e. The third-order valence-corrected chi connectivity index (χ3v) is 5.46. The Bertz CT molecular complexity index is 537. The molecule has 1 saturated carbocycles. The lowest BCUT2D eigenvalue weighted by Crippen LogP contribution is -2.19. The molecule has 0 N–H and O–H groups in total. The molecule has 3 nitrogen and oxygen atoms in total. The summed E-state index contributed by atoms with van der Waals surface area (Å²) in [5, 5.41) is 8.60. The van der Waals surface area contributed by atoms with Crippen LogP contribution in [0.2, 0.25) is 0 Å². The zero-order valence-corrected chi connectivity index (χ0v) is 10.4. The summed E-state index contributed by atoms with van der Waals surface area (Å²) >= 11 is 0. The predicted molar refractivity (Wildman–Crippen MR) is 66.0 cm³/mol. The van der Waals surface area contributed by atoms with Gasteiger partial charge < -0.3 is 0 Å². The van der Waals surface area contributed by atoms with E-state index in [4.69, 9.17) is 5.26 Å². The van der Waals surface area contributed by atoms with Gasteiger partial charge in [-0.1, -0.05) is 25.0 Å². The maximum atomic E-state index is 12.1. The lowest BCUT2D eigenvalue weighted by Gasteiger charge is -2.10. The second kappa shape index (κ2) is 4.89. The van der Waals surface area contributed by atoms with Gasteiger partial charge in [0, 0.05) is 0 Å². The minimum absolute atomic E-state index is 0.0627. The lowest BCUT2D eigenvalue weighted by atomic mass is 10.2. The van der Waals surface area contributed by atoms with Crippen LogP contribution in [0.15, 0.2) is 24.3 Å². The van der Waals surface area contributed by atoms with Crippen LogP contribution in [0.25, 0.3) is 0 Å². The second-order valence-electron chi connectivity index (χ2n) is 4.53. The fraction of sp³-hybridized carbons (Fsp3) is 0.462. The number of hydrogen-bond acceptors (Lipinski definition) is 3. The summed E-state index contributed by atoms with van der Waals surface area (Å²) in [4.78, 5) is 0. The third kappa shape index (κ3) is 2.86. The van der Waals surface area contributed by atoms with E-state index in [1.807, 2.05) is 6.07 Å². The zero-order chi connectivity index (χ0) is 12.3. The highest BCUT2D eigenvalue weighted by atomic mass is 32.2. The van der Waals surface area contributed by atoms with Crippen LogP contribution in [0.3, 0.4) is 0 Å². The van der Waals surface area contributed by atoms with Crippen molar-refractivity contribution in [2.45, 2.75) is 36.7 Å². The van der Waals surface area contributed by atoms with E-state index >= 15 is 0 Å². The molecule has 0 unspecified atom stereocenters. The quantitative estimate of drug-likeness (QED) is 0.826. The van der Waals surface area contributed by atoms with E-state index < -0.39 is 9.84 Å². The first-order chi connectivity index (χ1) is 8.12. The molecule has 90 valence electrons.